The van der Waals surface area contributed by atoms with Crippen LogP contribution < -0.4 is 10.6 Å². The van der Waals surface area contributed by atoms with Crippen LogP contribution in [0.3, 0.4) is 0 Å². The largest absolute Gasteiger partial charge is 0.399 e. The molecule has 2 fully saturated rings. The molecule has 0 bridgehead atoms. The Labute approximate surface area is 130 Å². The molecule has 0 saturated carbocycles. The van der Waals surface area contributed by atoms with E-state index in [1.807, 2.05) is 12.1 Å². The Balaban J connectivity index is 1.64. The third-order valence-electron chi connectivity index (χ3n) is 4.51. The van der Waals surface area contributed by atoms with Crippen molar-refractivity contribution >= 4 is 23.1 Å². The van der Waals surface area contributed by atoms with Gasteiger partial charge in [-0.2, -0.15) is 17.0 Å². The molecule has 1 aromatic rings. The zero-order valence-corrected chi connectivity index (χ0v) is 13.1. The highest BCUT2D eigenvalue weighted by Crippen LogP contribution is 2.27. The third kappa shape index (κ3) is 3.28. The Morgan fingerprint density at radius 1 is 1.14 bits per heavy atom. The molecule has 0 spiro atoms. The summed E-state index contributed by atoms with van der Waals surface area (Å²) in [4.78, 5) is 5.00. The van der Waals surface area contributed by atoms with E-state index in [-0.39, 0.29) is 0 Å². The van der Waals surface area contributed by atoms with Crippen molar-refractivity contribution in [2.24, 2.45) is 0 Å². The summed E-state index contributed by atoms with van der Waals surface area (Å²) in [6.07, 6.45) is 2.39. The molecule has 0 unspecified atom stereocenters. The molecule has 5 heteroatoms. The lowest BCUT2D eigenvalue weighted by atomic mass is 10.0. The van der Waals surface area contributed by atoms with Crippen molar-refractivity contribution in [2.75, 3.05) is 48.3 Å². The fraction of sp³-hybridized carbons (Fsp3) is 0.562. The average molecular weight is 302 g/mol. The minimum Gasteiger partial charge on any atom is -0.399 e. The lowest BCUT2D eigenvalue weighted by molar-refractivity contribution is 0.186. The summed E-state index contributed by atoms with van der Waals surface area (Å²) in [5.41, 5.74) is 8.17. The lowest BCUT2D eigenvalue weighted by Crippen LogP contribution is -2.47. The van der Waals surface area contributed by atoms with Gasteiger partial charge in [0.05, 0.1) is 11.3 Å². The number of nitriles is 1. The predicted molar refractivity (Wildman–Crippen MR) is 89.7 cm³/mol. The number of nitrogens with zero attached hydrogens (tertiary/aromatic N) is 3. The van der Waals surface area contributed by atoms with Crippen LogP contribution in [0.5, 0.6) is 0 Å². The van der Waals surface area contributed by atoms with E-state index in [1.165, 1.54) is 37.4 Å². The molecule has 1 aromatic carbocycles. The number of rotatable bonds is 2. The van der Waals surface area contributed by atoms with Crippen LogP contribution in [0.25, 0.3) is 0 Å². The second-order valence-electron chi connectivity index (χ2n) is 5.75. The molecule has 21 heavy (non-hydrogen) atoms. The maximum atomic E-state index is 9.29. The first-order chi connectivity index (χ1) is 10.3. The van der Waals surface area contributed by atoms with E-state index in [9.17, 15) is 5.26 Å². The van der Waals surface area contributed by atoms with Crippen LogP contribution in [0.15, 0.2) is 18.2 Å². The van der Waals surface area contributed by atoms with Crippen LogP contribution in [-0.2, 0) is 0 Å². The molecule has 2 heterocycles. The van der Waals surface area contributed by atoms with Gasteiger partial charge in [-0.05, 0) is 31.0 Å². The summed E-state index contributed by atoms with van der Waals surface area (Å²) in [6.45, 7) is 4.54. The monoisotopic (exact) mass is 302 g/mol. The summed E-state index contributed by atoms with van der Waals surface area (Å²) < 4.78 is 0. The van der Waals surface area contributed by atoms with Crippen LogP contribution in [0, 0.1) is 11.3 Å². The molecule has 112 valence electrons. The quantitative estimate of drug-likeness (QED) is 0.848. The highest BCUT2D eigenvalue weighted by molar-refractivity contribution is 7.99. The number of benzene rings is 1. The second-order valence-corrected chi connectivity index (χ2v) is 6.98. The van der Waals surface area contributed by atoms with Crippen molar-refractivity contribution in [3.05, 3.63) is 23.8 Å². The number of nitrogen functional groups attached to an aromatic ring is 1. The summed E-state index contributed by atoms with van der Waals surface area (Å²) in [6, 6.07) is 8.66. The smallest absolute Gasteiger partial charge is 0.101 e. The number of piperidine rings is 1. The van der Waals surface area contributed by atoms with E-state index >= 15 is 0 Å². The molecule has 0 radical (unpaired) electrons. The van der Waals surface area contributed by atoms with Gasteiger partial charge in [-0.3, -0.25) is 4.90 Å². The van der Waals surface area contributed by atoms with Crippen molar-refractivity contribution in [1.29, 1.82) is 5.26 Å². The molecule has 0 amide bonds. The molecule has 2 aliphatic heterocycles. The average Bonchev–Trinajstić information content (AvgIpc) is 2.56. The molecule has 2 N–H and O–H groups in total. The molecule has 0 aliphatic carbocycles. The Morgan fingerprint density at radius 3 is 2.52 bits per heavy atom. The van der Waals surface area contributed by atoms with Gasteiger partial charge in [-0.15, -0.1) is 0 Å². The number of hydrogen-bond acceptors (Lipinski definition) is 5. The van der Waals surface area contributed by atoms with Crippen molar-refractivity contribution in [3.63, 3.8) is 0 Å². The Hall–Kier alpha value is -1.38. The SMILES string of the molecule is N#Cc1cc(N)ccc1N1CCC(N2CCSCC2)CC1. The third-order valence-corrected chi connectivity index (χ3v) is 5.45. The fourth-order valence-electron chi connectivity index (χ4n) is 3.33. The predicted octanol–water partition coefficient (Wildman–Crippen LogP) is 2.16. The van der Waals surface area contributed by atoms with Crippen LogP contribution in [0.4, 0.5) is 11.4 Å². The van der Waals surface area contributed by atoms with E-state index in [4.69, 9.17) is 5.73 Å². The molecular formula is C16H22N4S. The van der Waals surface area contributed by atoms with E-state index < -0.39 is 0 Å². The molecule has 2 aliphatic rings. The van der Waals surface area contributed by atoms with Gasteiger partial charge >= 0.3 is 0 Å². The van der Waals surface area contributed by atoms with Gasteiger partial charge in [0.15, 0.2) is 0 Å². The fourth-order valence-corrected chi connectivity index (χ4v) is 4.26. The van der Waals surface area contributed by atoms with Gasteiger partial charge < -0.3 is 10.6 Å². The molecule has 2 saturated heterocycles. The Bertz CT molecular complexity index is 526. The highest BCUT2D eigenvalue weighted by Gasteiger charge is 2.26. The first-order valence-corrected chi connectivity index (χ1v) is 8.80. The second kappa shape index (κ2) is 6.59. The molecule has 0 aromatic heterocycles. The first kappa shape index (κ1) is 14.6. The van der Waals surface area contributed by atoms with Crippen molar-refractivity contribution in [2.45, 2.75) is 18.9 Å². The summed E-state index contributed by atoms with van der Waals surface area (Å²) in [7, 11) is 0. The highest BCUT2D eigenvalue weighted by atomic mass is 32.2. The van der Waals surface area contributed by atoms with Gasteiger partial charge in [0.1, 0.15) is 6.07 Å². The zero-order valence-electron chi connectivity index (χ0n) is 12.3. The van der Waals surface area contributed by atoms with Gasteiger partial charge in [0.2, 0.25) is 0 Å². The Morgan fingerprint density at radius 2 is 1.86 bits per heavy atom. The van der Waals surface area contributed by atoms with Crippen molar-refractivity contribution in [1.82, 2.24) is 4.90 Å². The number of anilines is 2. The normalized spacial score (nSPS) is 21.2. The van der Waals surface area contributed by atoms with Crippen LogP contribution in [0.2, 0.25) is 0 Å². The molecular weight excluding hydrogens is 280 g/mol. The standard InChI is InChI=1S/C16H22N4S/c17-12-13-11-14(18)1-2-16(13)20-5-3-15(4-6-20)19-7-9-21-10-8-19/h1-2,11,15H,3-10,18H2. The summed E-state index contributed by atoms with van der Waals surface area (Å²) in [5, 5.41) is 9.29. The van der Waals surface area contributed by atoms with Crippen LogP contribution >= 0.6 is 11.8 Å². The zero-order chi connectivity index (χ0) is 14.7. The number of hydrogen-bond donors (Lipinski definition) is 1. The van der Waals surface area contributed by atoms with Gasteiger partial charge in [-0.1, -0.05) is 0 Å². The lowest BCUT2D eigenvalue weighted by Gasteiger charge is -2.41. The topological polar surface area (TPSA) is 56.3 Å². The number of thioether (sulfide) groups is 1. The molecule has 0 atom stereocenters. The molecule has 4 nitrogen and oxygen atoms in total. The van der Waals surface area contributed by atoms with E-state index in [0.717, 1.165) is 24.8 Å². The summed E-state index contributed by atoms with van der Waals surface area (Å²) >= 11 is 2.07. The van der Waals surface area contributed by atoms with E-state index in [1.54, 1.807) is 6.07 Å². The van der Waals surface area contributed by atoms with Gasteiger partial charge in [-0.25, -0.2) is 0 Å². The van der Waals surface area contributed by atoms with Crippen molar-refractivity contribution in [3.8, 4) is 6.07 Å². The minimum atomic E-state index is 0.663. The summed E-state index contributed by atoms with van der Waals surface area (Å²) in [5.74, 6) is 2.55. The van der Waals surface area contributed by atoms with Gasteiger partial charge in [0, 0.05) is 49.4 Å². The van der Waals surface area contributed by atoms with Gasteiger partial charge in [0.25, 0.3) is 0 Å². The maximum Gasteiger partial charge on any atom is 0.101 e. The van der Waals surface area contributed by atoms with Crippen LogP contribution in [-0.4, -0.2) is 48.6 Å². The maximum absolute atomic E-state index is 9.29. The number of nitrogens with two attached hydrogens (primary N) is 1. The molecule has 3 rings (SSSR count). The Kier molecular flexibility index (Phi) is 4.57. The van der Waals surface area contributed by atoms with Crippen molar-refractivity contribution < 1.29 is 0 Å². The van der Waals surface area contributed by atoms with E-state index in [0.29, 0.717) is 11.3 Å². The first-order valence-electron chi connectivity index (χ1n) is 7.64. The minimum absolute atomic E-state index is 0.663. The van der Waals surface area contributed by atoms with Crippen LogP contribution in [0.1, 0.15) is 18.4 Å². The van der Waals surface area contributed by atoms with E-state index in [2.05, 4.69) is 27.6 Å².